The van der Waals surface area contributed by atoms with Gasteiger partial charge in [0.25, 0.3) is 11.8 Å². The largest absolute Gasteiger partial charge is 0.346 e. The van der Waals surface area contributed by atoms with E-state index in [1.54, 1.807) is 10.7 Å². The average Bonchev–Trinajstić information content (AvgIpc) is 3.28. The van der Waals surface area contributed by atoms with Gasteiger partial charge in [-0.15, -0.1) is 11.3 Å². The molecule has 0 atom stereocenters. The molecule has 3 aromatic rings. The van der Waals surface area contributed by atoms with E-state index in [1.807, 2.05) is 31.4 Å². The molecule has 0 aliphatic heterocycles. The summed E-state index contributed by atoms with van der Waals surface area (Å²) in [6.45, 7) is 2.25. The van der Waals surface area contributed by atoms with E-state index in [1.165, 1.54) is 17.5 Å². The number of nitrogens with one attached hydrogen (secondary N) is 1. The van der Waals surface area contributed by atoms with E-state index < -0.39 is 24.9 Å². The zero-order valence-electron chi connectivity index (χ0n) is 14.4. The number of alkyl halides is 2. The first-order valence-corrected chi connectivity index (χ1v) is 8.98. The van der Waals surface area contributed by atoms with Gasteiger partial charge in [0.1, 0.15) is 0 Å². The summed E-state index contributed by atoms with van der Waals surface area (Å²) >= 11 is 1.48. The molecule has 0 bridgehead atoms. The Labute approximate surface area is 153 Å². The molecular weight excluding hydrogens is 360 g/mol. The highest BCUT2D eigenvalue weighted by Crippen LogP contribution is 2.29. The fraction of sp³-hybridized carbons (Fsp3) is 0.353. The van der Waals surface area contributed by atoms with Crippen molar-refractivity contribution in [1.29, 1.82) is 0 Å². The van der Waals surface area contributed by atoms with Crippen molar-refractivity contribution in [1.82, 2.24) is 20.1 Å². The highest BCUT2D eigenvalue weighted by atomic mass is 32.1. The summed E-state index contributed by atoms with van der Waals surface area (Å²) < 4.78 is 28.5. The summed E-state index contributed by atoms with van der Waals surface area (Å²) in [6.07, 6.45) is 1.54. The summed E-state index contributed by atoms with van der Waals surface area (Å²) in [4.78, 5) is 18.1. The molecule has 3 heterocycles. The van der Waals surface area contributed by atoms with Gasteiger partial charge in [-0.3, -0.25) is 4.79 Å². The number of hydrogen-bond acceptors (Lipinski definition) is 5. The molecule has 0 fully saturated rings. The number of aromatic nitrogens is 3. The molecular formula is C17H19F2N5OS. The van der Waals surface area contributed by atoms with Crippen LogP contribution in [0, 0.1) is 0 Å². The molecule has 3 rings (SSSR count). The van der Waals surface area contributed by atoms with Crippen molar-refractivity contribution in [3.8, 4) is 10.6 Å². The highest BCUT2D eigenvalue weighted by molar-refractivity contribution is 7.13. The number of carbonyl (C=O) groups excluding carboxylic acids is 1. The van der Waals surface area contributed by atoms with E-state index in [-0.39, 0.29) is 11.6 Å². The molecule has 26 heavy (non-hydrogen) atoms. The number of hydrogen-bond donors (Lipinski definition) is 2. The van der Waals surface area contributed by atoms with Crippen molar-refractivity contribution in [2.45, 2.75) is 25.8 Å². The predicted molar refractivity (Wildman–Crippen MR) is 97.6 cm³/mol. The van der Waals surface area contributed by atoms with E-state index in [2.05, 4.69) is 15.4 Å². The Morgan fingerprint density at radius 2 is 2.23 bits per heavy atom. The normalized spacial score (nSPS) is 12.1. The molecule has 0 aliphatic carbocycles. The van der Waals surface area contributed by atoms with E-state index in [0.717, 1.165) is 4.88 Å². The lowest BCUT2D eigenvalue weighted by atomic mass is 10.1. The van der Waals surface area contributed by atoms with Crippen LogP contribution in [0.3, 0.4) is 0 Å². The minimum absolute atomic E-state index is 0.0380. The van der Waals surface area contributed by atoms with Crippen molar-refractivity contribution in [2.75, 3.05) is 13.1 Å². The first-order chi connectivity index (χ1) is 12.3. The molecule has 0 radical (unpaired) electrons. The van der Waals surface area contributed by atoms with Crippen LogP contribution in [0.1, 0.15) is 30.2 Å². The molecule has 138 valence electrons. The summed E-state index contributed by atoms with van der Waals surface area (Å²) in [6, 6.07) is 5.42. The van der Waals surface area contributed by atoms with Gasteiger partial charge >= 0.3 is 0 Å². The third-order valence-corrected chi connectivity index (χ3v) is 4.77. The highest BCUT2D eigenvalue weighted by Gasteiger charge is 2.28. The van der Waals surface area contributed by atoms with Crippen LogP contribution in [0.5, 0.6) is 0 Å². The van der Waals surface area contributed by atoms with Gasteiger partial charge < -0.3 is 11.1 Å². The zero-order valence-corrected chi connectivity index (χ0v) is 15.2. The van der Waals surface area contributed by atoms with Gasteiger partial charge in [0.05, 0.1) is 40.8 Å². The topological polar surface area (TPSA) is 85.8 Å². The molecule has 3 N–H and O–H groups in total. The average molecular weight is 379 g/mol. The Bertz CT molecular complexity index is 921. The summed E-state index contributed by atoms with van der Waals surface area (Å²) in [5.74, 6) is -3.76. The summed E-state index contributed by atoms with van der Waals surface area (Å²) in [7, 11) is 0. The fourth-order valence-electron chi connectivity index (χ4n) is 2.51. The van der Waals surface area contributed by atoms with Crippen molar-refractivity contribution < 1.29 is 13.6 Å². The summed E-state index contributed by atoms with van der Waals surface area (Å²) in [5, 5.41) is 8.98. The second-order valence-corrected chi connectivity index (χ2v) is 7.14. The first-order valence-electron chi connectivity index (χ1n) is 8.10. The molecule has 6 nitrogen and oxygen atoms in total. The number of fused-ring (bicyclic) bond motifs is 1. The number of thiophene rings is 1. The molecule has 9 heteroatoms. The maximum atomic E-state index is 13.4. The number of pyridine rings is 1. The van der Waals surface area contributed by atoms with Crippen molar-refractivity contribution in [3.63, 3.8) is 0 Å². The molecule has 0 aromatic carbocycles. The smallest absolute Gasteiger partial charge is 0.277 e. The molecule has 3 aromatic heterocycles. The number of nitrogens with two attached hydrogens (primary N) is 1. The predicted octanol–water partition coefficient (Wildman–Crippen LogP) is 3.06. The first kappa shape index (κ1) is 18.4. The van der Waals surface area contributed by atoms with Gasteiger partial charge in [-0.25, -0.2) is 18.4 Å². The Balaban J connectivity index is 2.07. The van der Waals surface area contributed by atoms with Crippen LogP contribution in [0.4, 0.5) is 8.78 Å². The minimum atomic E-state index is -3.15. The van der Waals surface area contributed by atoms with E-state index in [9.17, 15) is 13.6 Å². The lowest BCUT2D eigenvalue weighted by Crippen LogP contribution is -2.41. The second-order valence-electron chi connectivity index (χ2n) is 6.20. The maximum Gasteiger partial charge on any atom is 0.277 e. The third-order valence-electron chi connectivity index (χ3n) is 3.88. The lowest BCUT2D eigenvalue weighted by molar-refractivity contribution is 0.0119. The summed E-state index contributed by atoms with van der Waals surface area (Å²) in [5.41, 5.74) is 6.43. The number of rotatable bonds is 6. The zero-order chi connectivity index (χ0) is 18.9. The van der Waals surface area contributed by atoms with E-state index in [4.69, 9.17) is 5.73 Å². The molecule has 0 aliphatic rings. The van der Waals surface area contributed by atoms with Crippen LogP contribution < -0.4 is 11.1 Å². The third kappa shape index (κ3) is 3.58. The molecule has 1 amide bonds. The lowest BCUT2D eigenvalue weighted by Gasteiger charge is -2.15. The van der Waals surface area contributed by atoms with Crippen LogP contribution in [0.2, 0.25) is 0 Å². The number of halogens is 2. The molecule has 0 saturated carbocycles. The minimum Gasteiger partial charge on any atom is -0.346 e. The van der Waals surface area contributed by atoms with Crippen LogP contribution in [-0.4, -0.2) is 39.7 Å². The molecule has 0 saturated heterocycles. The van der Waals surface area contributed by atoms with Crippen LogP contribution in [-0.2, 0) is 0 Å². The molecule has 0 spiro atoms. The molecule has 0 unspecified atom stereocenters. The number of amides is 1. The number of nitrogens with zero attached hydrogens (tertiary/aromatic N) is 3. The van der Waals surface area contributed by atoms with Crippen molar-refractivity contribution in [3.05, 3.63) is 35.3 Å². The van der Waals surface area contributed by atoms with Gasteiger partial charge in [-0.2, -0.15) is 5.10 Å². The van der Waals surface area contributed by atoms with Crippen molar-refractivity contribution >= 4 is 28.3 Å². The second kappa shape index (κ2) is 7.08. The van der Waals surface area contributed by atoms with Gasteiger partial charge in [0.2, 0.25) is 0 Å². The monoisotopic (exact) mass is 379 g/mol. The maximum absolute atomic E-state index is 13.4. The van der Waals surface area contributed by atoms with Crippen LogP contribution in [0.25, 0.3) is 21.6 Å². The Hall–Kier alpha value is -2.39. The van der Waals surface area contributed by atoms with Crippen LogP contribution in [0.15, 0.2) is 29.8 Å². The van der Waals surface area contributed by atoms with Crippen molar-refractivity contribution in [2.24, 2.45) is 5.73 Å². The number of carbonyl (C=O) groups is 1. The Morgan fingerprint density at radius 3 is 2.85 bits per heavy atom. The van der Waals surface area contributed by atoms with Gasteiger partial charge in [-0.1, -0.05) is 6.07 Å². The standard InChI is InChI=1S/C17H19F2N5OS/c1-10(2)24-15-12(7-22-24)11(16(25)21-9-17(18,19)8-20)6-13(23-15)14-4-3-5-26-14/h3-7,10H,8-9,20H2,1-2H3,(H,21,25). The quantitative estimate of drug-likeness (QED) is 0.689. The SMILES string of the molecule is CC(C)n1ncc2c(C(=O)NCC(F)(F)CN)cc(-c3cccs3)nc21. The van der Waals surface area contributed by atoms with E-state index >= 15 is 0 Å². The Morgan fingerprint density at radius 1 is 1.46 bits per heavy atom. The van der Waals surface area contributed by atoms with Gasteiger partial charge in [0, 0.05) is 6.04 Å². The van der Waals surface area contributed by atoms with E-state index in [0.29, 0.717) is 16.7 Å². The van der Waals surface area contributed by atoms with Crippen LogP contribution >= 0.6 is 11.3 Å². The fourth-order valence-corrected chi connectivity index (χ4v) is 3.20. The van der Waals surface area contributed by atoms with Gasteiger partial charge in [0.15, 0.2) is 5.65 Å². The Kier molecular flexibility index (Phi) is 5.01. The van der Waals surface area contributed by atoms with Gasteiger partial charge in [-0.05, 0) is 31.4 Å².